The zero-order valence-electron chi connectivity index (χ0n) is 12.1. The number of piperidine rings is 2. The third kappa shape index (κ3) is 4.32. The van der Waals surface area contributed by atoms with Crippen LogP contribution in [0, 0.1) is 0 Å². The van der Waals surface area contributed by atoms with Gasteiger partial charge in [0.1, 0.15) is 0 Å². The highest BCUT2D eigenvalue weighted by molar-refractivity contribution is 5.77. The van der Waals surface area contributed by atoms with Gasteiger partial charge in [-0.3, -0.25) is 9.69 Å². The second kappa shape index (κ2) is 7.06. The minimum atomic E-state index is 0.116. The van der Waals surface area contributed by atoms with Gasteiger partial charge in [-0.2, -0.15) is 0 Å². The van der Waals surface area contributed by atoms with Gasteiger partial charge in [0.05, 0.1) is 0 Å². The van der Waals surface area contributed by atoms with Crippen molar-refractivity contribution in [3.8, 4) is 0 Å². The van der Waals surface area contributed by atoms with Crippen molar-refractivity contribution < 1.29 is 4.79 Å². The third-order valence-electron chi connectivity index (χ3n) is 4.35. The average molecular weight is 265 g/mol. The number of likely N-dealkylation sites (tertiary alicyclic amines) is 2. The highest BCUT2D eigenvalue weighted by Gasteiger charge is 2.28. The third-order valence-corrected chi connectivity index (χ3v) is 4.35. The van der Waals surface area contributed by atoms with E-state index in [9.17, 15) is 4.79 Å². The van der Waals surface area contributed by atoms with Crippen LogP contribution in [-0.4, -0.2) is 61.0 Å². The SMILES string of the molecule is C=CCC(=O)N[C@H]1CCCN(C2CCN(C)CC2)C1. The Morgan fingerprint density at radius 3 is 2.74 bits per heavy atom. The van der Waals surface area contributed by atoms with Gasteiger partial charge in [-0.1, -0.05) is 6.08 Å². The van der Waals surface area contributed by atoms with Crippen LogP contribution in [0.25, 0.3) is 0 Å². The van der Waals surface area contributed by atoms with Crippen molar-refractivity contribution in [1.29, 1.82) is 0 Å². The molecule has 0 aliphatic carbocycles. The molecule has 0 aromatic heterocycles. The monoisotopic (exact) mass is 265 g/mol. The molecular weight excluding hydrogens is 238 g/mol. The van der Waals surface area contributed by atoms with E-state index in [0.717, 1.165) is 19.0 Å². The van der Waals surface area contributed by atoms with E-state index >= 15 is 0 Å². The summed E-state index contributed by atoms with van der Waals surface area (Å²) in [6.07, 6.45) is 6.96. The Hall–Kier alpha value is -0.870. The maximum absolute atomic E-state index is 11.6. The first-order valence-corrected chi connectivity index (χ1v) is 7.52. The number of carbonyl (C=O) groups excluding carboxylic acids is 1. The number of rotatable bonds is 4. The van der Waals surface area contributed by atoms with Crippen LogP contribution < -0.4 is 5.32 Å². The van der Waals surface area contributed by atoms with E-state index in [0.29, 0.717) is 12.5 Å². The van der Waals surface area contributed by atoms with Gasteiger partial charge in [-0.25, -0.2) is 0 Å². The molecular formula is C15H27N3O. The Kier molecular flexibility index (Phi) is 5.40. The molecule has 1 atom stereocenters. The molecule has 1 amide bonds. The summed E-state index contributed by atoms with van der Waals surface area (Å²) in [7, 11) is 2.20. The highest BCUT2D eigenvalue weighted by Crippen LogP contribution is 2.20. The van der Waals surface area contributed by atoms with Gasteiger partial charge in [-0.15, -0.1) is 6.58 Å². The largest absolute Gasteiger partial charge is 0.352 e. The van der Waals surface area contributed by atoms with Gasteiger partial charge >= 0.3 is 0 Å². The summed E-state index contributed by atoms with van der Waals surface area (Å²) in [6.45, 7) is 8.24. The molecule has 2 heterocycles. The first-order valence-electron chi connectivity index (χ1n) is 7.52. The number of carbonyl (C=O) groups is 1. The van der Waals surface area contributed by atoms with E-state index in [1.807, 2.05) is 0 Å². The molecule has 4 heteroatoms. The van der Waals surface area contributed by atoms with Crippen molar-refractivity contribution in [1.82, 2.24) is 15.1 Å². The Bertz CT molecular complexity index is 311. The summed E-state index contributed by atoms with van der Waals surface area (Å²) in [5.74, 6) is 0.116. The summed E-state index contributed by atoms with van der Waals surface area (Å²) in [6, 6.07) is 1.05. The molecule has 2 fully saturated rings. The molecule has 2 aliphatic rings. The molecule has 2 rings (SSSR count). The second-order valence-electron chi connectivity index (χ2n) is 5.93. The lowest BCUT2D eigenvalue weighted by atomic mass is 9.98. The first-order chi connectivity index (χ1) is 9.19. The average Bonchev–Trinajstić information content (AvgIpc) is 2.40. The number of amides is 1. The Morgan fingerprint density at radius 2 is 2.05 bits per heavy atom. The van der Waals surface area contributed by atoms with Crippen molar-refractivity contribution in [2.24, 2.45) is 0 Å². The van der Waals surface area contributed by atoms with E-state index in [4.69, 9.17) is 0 Å². The molecule has 0 spiro atoms. The number of nitrogens with zero attached hydrogens (tertiary/aromatic N) is 2. The smallest absolute Gasteiger partial charge is 0.224 e. The minimum absolute atomic E-state index is 0.116. The minimum Gasteiger partial charge on any atom is -0.352 e. The van der Waals surface area contributed by atoms with Gasteiger partial charge in [0.25, 0.3) is 0 Å². The summed E-state index contributed by atoms with van der Waals surface area (Å²) in [5.41, 5.74) is 0. The van der Waals surface area contributed by atoms with Crippen LogP contribution in [0.4, 0.5) is 0 Å². The topological polar surface area (TPSA) is 35.6 Å². The fourth-order valence-corrected chi connectivity index (χ4v) is 3.23. The van der Waals surface area contributed by atoms with Crippen molar-refractivity contribution in [3.05, 3.63) is 12.7 Å². The van der Waals surface area contributed by atoms with Crippen molar-refractivity contribution in [2.75, 3.05) is 33.2 Å². The predicted molar refractivity (Wildman–Crippen MR) is 78.1 cm³/mol. The quantitative estimate of drug-likeness (QED) is 0.777. The molecule has 108 valence electrons. The van der Waals surface area contributed by atoms with E-state index < -0.39 is 0 Å². The van der Waals surface area contributed by atoms with Gasteiger partial charge in [0, 0.05) is 25.0 Å². The predicted octanol–water partition coefficient (Wildman–Crippen LogP) is 1.24. The summed E-state index contributed by atoms with van der Waals surface area (Å²) in [5, 5.41) is 3.14. The zero-order chi connectivity index (χ0) is 13.7. The molecule has 2 saturated heterocycles. The van der Waals surface area contributed by atoms with Gasteiger partial charge in [0.15, 0.2) is 0 Å². The zero-order valence-corrected chi connectivity index (χ0v) is 12.1. The maximum Gasteiger partial charge on any atom is 0.224 e. The van der Waals surface area contributed by atoms with E-state index in [2.05, 4.69) is 28.7 Å². The molecule has 1 N–H and O–H groups in total. The number of hydrogen-bond acceptors (Lipinski definition) is 3. The number of nitrogens with one attached hydrogen (secondary N) is 1. The van der Waals surface area contributed by atoms with Gasteiger partial charge in [-0.05, 0) is 52.4 Å². The van der Waals surface area contributed by atoms with Crippen LogP contribution in [0.2, 0.25) is 0 Å². The van der Waals surface area contributed by atoms with Crippen LogP contribution >= 0.6 is 0 Å². The lowest BCUT2D eigenvalue weighted by Gasteiger charge is -2.41. The second-order valence-corrected chi connectivity index (χ2v) is 5.93. The lowest BCUT2D eigenvalue weighted by Crippen LogP contribution is -2.53. The Morgan fingerprint density at radius 1 is 1.32 bits per heavy atom. The standard InChI is InChI=1S/C15H27N3O/c1-3-5-15(19)16-13-6-4-9-18(12-13)14-7-10-17(2)11-8-14/h3,13-14H,1,4-12H2,2H3,(H,16,19)/t13-/m0/s1. The molecule has 0 saturated carbocycles. The first kappa shape index (κ1) is 14.5. The number of hydrogen-bond donors (Lipinski definition) is 1. The fourth-order valence-electron chi connectivity index (χ4n) is 3.23. The molecule has 0 bridgehead atoms. The highest BCUT2D eigenvalue weighted by atomic mass is 16.1. The summed E-state index contributed by atoms with van der Waals surface area (Å²) in [4.78, 5) is 16.6. The molecule has 0 unspecified atom stereocenters. The lowest BCUT2D eigenvalue weighted by molar-refractivity contribution is -0.121. The van der Waals surface area contributed by atoms with Gasteiger partial charge < -0.3 is 10.2 Å². The van der Waals surface area contributed by atoms with Crippen molar-refractivity contribution in [2.45, 2.75) is 44.2 Å². The van der Waals surface area contributed by atoms with Gasteiger partial charge in [0.2, 0.25) is 5.91 Å². The molecule has 4 nitrogen and oxygen atoms in total. The molecule has 19 heavy (non-hydrogen) atoms. The van der Waals surface area contributed by atoms with Crippen LogP contribution in [-0.2, 0) is 4.79 Å². The maximum atomic E-state index is 11.6. The van der Waals surface area contributed by atoms with Crippen LogP contribution in [0.3, 0.4) is 0 Å². The summed E-state index contributed by atoms with van der Waals surface area (Å²) >= 11 is 0. The van der Waals surface area contributed by atoms with Crippen molar-refractivity contribution >= 4 is 5.91 Å². The van der Waals surface area contributed by atoms with E-state index in [1.165, 1.54) is 38.9 Å². The van der Waals surface area contributed by atoms with Crippen LogP contribution in [0.15, 0.2) is 12.7 Å². The molecule has 0 aromatic carbocycles. The van der Waals surface area contributed by atoms with E-state index in [-0.39, 0.29) is 5.91 Å². The normalized spacial score (nSPS) is 27.1. The molecule has 2 aliphatic heterocycles. The van der Waals surface area contributed by atoms with Crippen LogP contribution in [0.1, 0.15) is 32.1 Å². The summed E-state index contributed by atoms with van der Waals surface area (Å²) < 4.78 is 0. The molecule has 0 aromatic rings. The fraction of sp³-hybridized carbons (Fsp3) is 0.800. The van der Waals surface area contributed by atoms with E-state index in [1.54, 1.807) is 6.08 Å². The van der Waals surface area contributed by atoms with Crippen molar-refractivity contribution in [3.63, 3.8) is 0 Å². The molecule has 0 radical (unpaired) electrons. The Labute approximate surface area is 116 Å². The van der Waals surface area contributed by atoms with Crippen LogP contribution in [0.5, 0.6) is 0 Å². The Balaban J connectivity index is 1.79.